The molecule has 8 heteroatoms. The van der Waals surface area contributed by atoms with Crippen LogP contribution in [0.3, 0.4) is 0 Å². The number of hydrogen-bond donors (Lipinski definition) is 0. The molecule has 3 heterocycles. The van der Waals surface area contributed by atoms with E-state index in [1.54, 1.807) is 30.0 Å². The summed E-state index contributed by atoms with van der Waals surface area (Å²) in [6.07, 6.45) is 9.68. The van der Waals surface area contributed by atoms with Crippen LogP contribution in [-0.2, 0) is 17.2 Å². The van der Waals surface area contributed by atoms with Crippen molar-refractivity contribution >= 4 is 33.2 Å². The summed E-state index contributed by atoms with van der Waals surface area (Å²) in [5, 5.41) is 3.91. The van der Waals surface area contributed by atoms with Gasteiger partial charge in [-0.3, -0.25) is 13.6 Å². The summed E-state index contributed by atoms with van der Waals surface area (Å²) in [5.41, 5.74) is 1.30. The lowest BCUT2D eigenvalue weighted by Gasteiger charge is -2.17. The molecule has 0 radical (unpaired) electrons. The van der Waals surface area contributed by atoms with Crippen LogP contribution in [0.2, 0.25) is 0 Å². The molecular weight excluding hydrogens is 356 g/mol. The first-order valence-corrected chi connectivity index (χ1v) is 10.7. The van der Waals surface area contributed by atoms with Crippen molar-refractivity contribution in [2.75, 3.05) is 6.26 Å². The van der Waals surface area contributed by atoms with Gasteiger partial charge in [-0.05, 0) is 18.9 Å². The molecule has 1 aliphatic rings. The first kappa shape index (κ1) is 16.5. The third kappa shape index (κ3) is 3.16. The molecule has 0 amide bonds. The van der Waals surface area contributed by atoms with E-state index in [-0.39, 0.29) is 16.8 Å². The molecule has 1 fully saturated rings. The Bertz CT molecular complexity index is 992. The van der Waals surface area contributed by atoms with Gasteiger partial charge in [-0.1, -0.05) is 12.8 Å². The second-order valence-corrected chi connectivity index (χ2v) is 8.52. The second-order valence-electron chi connectivity index (χ2n) is 6.27. The van der Waals surface area contributed by atoms with Gasteiger partial charge in [-0.25, -0.2) is 15.0 Å². The molecule has 1 unspecified atom stereocenters. The van der Waals surface area contributed by atoms with Crippen molar-refractivity contribution in [2.45, 2.75) is 43.3 Å². The number of fused-ring (bicyclic) bond motifs is 1. The van der Waals surface area contributed by atoms with E-state index in [9.17, 15) is 9.00 Å². The molecule has 1 atom stereocenters. The van der Waals surface area contributed by atoms with Gasteiger partial charge in [-0.15, -0.1) is 11.3 Å². The SMILES string of the molecule is CS(=O)c1ncc2cc(Cc3nccs3)c(=O)n(C3CCCC3)c2n1. The van der Waals surface area contributed by atoms with Crippen molar-refractivity contribution in [3.8, 4) is 0 Å². The number of hydrogen-bond acceptors (Lipinski definition) is 6. The van der Waals surface area contributed by atoms with E-state index in [1.807, 2.05) is 16.0 Å². The molecule has 1 aliphatic carbocycles. The fourth-order valence-corrected chi connectivity index (χ4v) is 4.49. The smallest absolute Gasteiger partial charge is 0.256 e. The molecule has 4 rings (SSSR count). The Hall–Kier alpha value is -1.93. The van der Waals surface area contributed by atoms with Gasteiger partial charge in [0.15, 0.2) is 0 Å². The number of nitrogens with zero attached hydrogens (tertiary/aromatic N) is 4. The normalized spacial score (nSPS) is 16.5. The summed E-state index contributed by atoms with van der Waals surface area (Å²) >= 11 is 1.55. The zero-order valence-electron chi connectivity index (χ0n) is 13.8. The minimum Gasteiger partial charge on any atom is -0.289 e. The maximum atomic E-state index is 13.2. The Kier molecular flexibility index (Phi) is 4.47. The molecule has 130 valence electrons. The zero-order chi connectivity index (χ0) is 17.4. The predicted molar refractivity (Wildman–Crippen MR) is 98.6 cm³/mol. The van der Waals surface area contributed by atoms with Crippen LogP contribution in [0.4, 0.5) is 0 Å². The van der Waals surface area contributed by atoms with E-state index in [2.05, 4.69) is 15.0 Å². The van der Waals surface area contributed by atoms with Crippen molar-refractivity contribution in [1.82, 2.24) is 19.5 Å². The van der Waals surface area contributed by atoms with E-state index in [1.165, 1.54) is 0 Å². The lowest BCUT2D eigenvalue weighted by molar-refractivity contribution is 0.511. The Morgan fingerprint density at radius 1 is 1.32 bits per heavy atom. The minimum atomic E-state index is -1.28. The van der Waals surface area contributed by atoms with E-state index in [0.29, 0.717) is 17.6 Å². The molecule has 1 saturated carbocycles. The summed E-state index contributed by atoms with van der Waals surface area (Å²) in [4.78, 5) is 26.1. The highest BCUT2D eigenvalue weighted by Crippen LogP contribution is 2.30. The van der Waals surface area contributed by atoms with Crippen LogP contribution in [0.15, 0.2) is 33.8 Å². The van der Waals surface area contributed by atoms with Crippen LogP contribution < -0.4 is 5.56 Å². The molecule has 0 saturated heterocycles. The zero-order valence-corrected chi connectivity index (χ0v) is 15.5. The number of rotatable bonds is 4. The van der Waals surface area contributed by atoms with Crippen LogP contribution in [0.25, 0.3) is 11.0 Å². The fourth-order valence-electron chi connectivity index (χ4n) is 3.43. The summed E-state index contributed by atoms with van der Waals surface area (Å²) < 4.78 is 13.6. The van der Waals surface area contributed by atoms with Crippen LogP contribution >= 0.6 is 11.3 Å². The second kappa shape index (κ2) is 6.76. The summed E-state index contributed by atoms with van der Waals surface area (Å²) in [6.45, 7) is 0. The topological polar surface area (TPSA) is 77.7 Å². The third-order valence-electron chi connectivity index (χ3n) is 4.60. The van der Waals surface area contributed by atoms with Crippen LogP contribution in [0.5, 0.6) is 0 Å². The molecule has 0 spiro atoms. The number of pyridine rings is 1. The third-order valence-corrected chi connectivity index (χ3v) is 6.09. The highest BCUT2D eigenvalue weighted by atomic mass is 32.2. The molecular formula is C17H18N4O2S2. The maximum absolute atomic E-state index is 13.2. The predicted octanol–water partition coefficient (Wildman–Crippen LogP) is 2.69. The van der Waals surface area contributed by atoms with E-state index >= 15 is 0 Å². The Balaban J connectivity index is 1.93. The molecule has 0 aromatic carbocycles. The first-order chi connectivity index (χ1) is 12.1. The van der Waals surface area contributed by atoms with Crippen LogP contribution in [-0.4, -0.2) is 30.0 Å². The molecule has 6 nitrogen and oxygen atoms in total. The van der Waals surface area contributed by atoms with E-state index < -0.39 is 10.8 Å². The highest BCUT2D eigenvalue weighted by molar-refractivity contribution is 7.84. The van der Waals surface area contributed by atoms with Gasteiger partial charge in [-0.2, -0.15) is 0 Å². The van der Waals surface area contributed by atoms with Crippen molar-refractivity contribution < 1.29 is 4.21 Å². The summed E-state index contributed by atoms with van der Waals surface area (Å²) in [7, 11) is -1.28. The van der Waals surface area contributed by atoms with Crippen molar-refractivity contribution in [1.29, 1.82) is 0 Å². The van der Waals surface area contributed by atoms with Gasteiger partial charge in [0.2, 0.25) is 5.16 Å². The van der Waals surface area contributed by atoms with Crippen molar-refractivity contribution in [2.24, 2.45) is 0 Å². The number of aromatic nitrogens is 4. The van der Waals surface area contributed by atoms with Gasteiger partial charge < -0.3 is 0 Å². The minimum absolute atomic E-state index is 0.0128. The Morgan fingerprint density at radius 2 is 2.12 bits per heavy atom. The largest absolute Gasteiger partial charge is 0.289 e. The van der Waals surface area contributed by atoms with Gasteiger partial charge in [0.05, 0.1) is 15.8 Å². The fraction of sp³-hybridized carbons (Fsp3) is 0.412. The molecule has 3 aromatic rings. The number of thiazole rings is 1. The molecule has 0 bridgehead atoms. The van der Waals surface area contributed by atoms with Gasteiger partial charge in [0.1, 0.15) is 5.65 Å². The monoisotopic (exact) mass is 374 g/mol. The Morgan fingerprint density at radius 3 is 2.80 bits per heavy atom. The van der Waals surface area contributed by atoms with Crippen LogP contribution in [0.1, 0.15) is 42.3 Å². The van der Waals surface area contributed by atoms with Gasteiger partial charge in [0.25, 0.3) is 5.56 Å². The van der Waals surface area contributed by atoms with Gasteiger partial charge >= 0.3 is 0 Å². The quantitative estimate of drug-likeness (QED) is 0.656. The molecule has 3 aromatic heterocycles. The van der Waals surface area contributed by atoms with Crippen LogP contribution in [0, 0.1) is 0 Å². The maximum Gasteiger partial charge on any atom is 0.256 e. The van der Waals surface area contributed by atoms with Gasteiger partial charge in [0, 0.05) is 47.4 Å². The highest BCUT2D eigenvalue weighted by Gasteiger charge is 2.23. The lowest BCUT2D eigenvalue weighted by Crippen LogP contribution is -2.28. The molecule has 25 heavy (non-hydrogen) atoms. The van der Waals surface area contributed by atoms with E-state index in [4.69, 9.17) is 0 Å². The summed E-state index contributed by atoms with van der Waals surface area (Å²) in [6, 6.07) is 2.01. The Labute approximate surface area is 151 Å². The molecule has 0 aliphatic heterocycles. The standard InChI is InChI=1S/C17H18N4O2S2/c1-25(23)17-19-10-12-8-11(9-14-18-6-7-24-14)16(22)21(15(12)20-17)13-4-2-3-5-13/h6-8,10,13H,2-5,9H2,1H3. The lowest BCUT2D eigenvalue weighted by atomic mass is 10.1. The molecule has 0 N–H and O–H groups in total. The average Bonchev–Trinajstić information content (AvgIpc) is 3.29. The van der Waals surface area contributed by atoms with Crippen molar-refractivity contribution in [3.05, 3.63) is 44.8 Å². The first-order valence-electron chi connectivity index (χ1n) is 8.26. The summed E-state index contributed by atoms with van der Waals surface area (Å²) in [5.74, 6) is 0. The average molecular weight is 374 g/mol. The van der Waals surface area contributed by atoms with Crippen molar-refractivity contribution in [3.63, 3.8) is 0 Å². The van der Waals surface area contributed by atoms with E-state index in [0.717, 1.165) is 36.1 Å².